The summed E-state index contributed by atoms with van der Waals surface area (Å²) in [6.07, 6.45) is 4.09. The lowest BCUT2D eigenvalue weighted by atomic mass is 10.1. The Morgan fingerprint density at radius 3 is 2.52 bits per heavy atom. The van der Waals surface area contributed by atoms with E-state index in [9.17, 15) is 0 Å². The minimum Gasteiger partial charge on any atom is -0.454 e. The summed E-state index contributed by atoms with van der Waals surface area (Å²) in [6, 6.07) is 13.7. The molecule has 0 unspecified atom stereocenters. The van der Waals surface area contributed by atoms with Crippen LogP contribution in [-0.4, -0.2) is 20.7 Å². The van der Waals surface area contributed by atoms with Crippen LogP contribution in [0.2, 0.25) is 5.02 Å². The maximum atomic E-state index is 5.98. The molecule has 1 aliphatic heterocycles. The van der Waals surface area contributed by atoms with E-state index >= 15 is 0 Å². The van der Waals surface area contributed by atoms with E-state index in [1.54, 1.807) is 0 Å². The van der Waals surface area contributed by atoms with Gasteiger partial charge < -0.3 is 14.0 Å². The summed E-state index contributed by atoms with van der Waals surface area (Å²) in [5.74, 6) is 2.41. The predicted molar refractivity (Wildman–Crippen MR) is 96.2 cm³/mol. The molecular weight excluding hydrogens is 338 g/mol. The summed E-state index contributed by atoms with van der Waals surface area (Å²) in [5, 5.41) is 0.729. The van der Waals surface area contributed by atoms with Gasteiger partial charge in [-0.25, -0.2) is 4.98 Å². The largest absolute Gasteiger partial charge is 0.454 e. The highest BCUT2D eigenvalue weighted by atomic mass is 35.5. The molecule has 4 aromatic rings. The molecule has 2 aromatic heterocycles. The van der Waals surface area contributed by atoms with Crippen molar-refractivity contribution < 1.29 is 9.47 Å². The first kappa shape index (κ1) is 14.4. The Balaban J connectivity index is 1.58. The van der Waals surface area contributed by atoms with Crippen LogP contribution in [0.15, 0.2) is 54.9 Å². The van der Waals surface area contributed by atoms with E-state index < -0.39 is 0 Å². The van der Waals surface area contributed by atoms with Gasteiger partial charge in [0.25, 0.3) is 0 Å². The standard InChI is InChI=1S/C19H14ClN3O2/c1-22-16(12-2-5-14(20)6-3-12)10-23-9-15(21-19(22)23)13-4-7-17-18(8-13)25-11-24-17/h2-10H,11H2,1H3. The molecule has 0 saturated carbocycles. The highest BCUT2D eigenvalue weighted by molar-refractivity contribution is 6.30. The van der Waals surface area contributed by atoms with Gasteiger partial charge in [0.05, 0.1) is 11.4 Å². The average molecular weight is 352 g/mol. The molecule has 3 heterocycles. The molecule has 1 aliphatic rings. The number of rotatable bonds is 2. The second kappa shape index (κ2) is 5.29. The molecule has 0 radical (unpaired) electrons. The van der Waals surface area contributed by atoms with Gasteiger partial charge in [0, 0.05) is 30.0 Å². The molecule has 6 heteroatoms. The summed E-state index contributed by atoms with van der Waals surface area (Å²) in [4.78, 5) is 4.78. The molecule has 0 bridgehead atoms. The van der Waals surface area contributed by atoms with Gasteiger partial charge in [-0.1, -0.05) is 23.7 Å². The molecule has 0 aliphatic carbocycles. The monoisotopic (exact) mass is 351 g/mol. The molecule has 0 N–H and O–H groups in total. The zero-order valence-corrected chi connectivity index (χ0v) is 14.2. The Morgan fingerprint density at radius 2 is 1.72 bits per heavy atom. The second-order valence-corrected chi connectivity index (χ2v) is 6.42. The van der Waals surface area contributed by atoms with Crippen LogP contribution in [0.4, 0.5) is 0 Å². The molecule has 2 aromatic carbocycles. The first-order valence-electron chi connectivity index (χ1n) is 7.89. The molecule has 0 amide bonds. The van der Waals surface area contributed by atoms with E-state index in [-0.39, 0.29) is 6.79 Å². The minimum absolute atomic E-state index is 0.272. The van der Waals surface area contributed by atoms with Crippen LogP contribution in [0.5, 0.6) is 11.5 Å². The third-order valence-electron chi connectivity index (χ3n) is 4.44. The lowest BCUT2D eigenvalue weighted by Gasteiger charge is -2.03. The van der Waals surface area contributed by atoms with Crippen molar-refractivity contribution in [1.29, 1.82) is 0 Å². The fraction of sp³-hybridized carbons (Fsp3) is 0.105. The van der Waals surface area contributed by atoms with Gasteiger partial charge in [0.1, 0.15) is 0 Å². The van der Waals surface area contributed by atoms with Crippen molar-refractivity contribution in [2.75, 3.05) is 6.79 Å². The number of benzene rings is 2. The molecule has 5 rings (SSSR count). The summed E-state index contributed by atoms with van der Waals surface area (Å²) in [7, 11) is 2.01. The Morgan fingerprint density at radius 1 is 0.960 bits per heavy atom. The van der Waals surface area contributed by atoms with Gasteiger partial charge >= 0.3 is 0 Å². The van der Waals surface area contributed by atoms with Crippen LogP contribution in [0.25, 0.3) is 28.3 Å². The fourth-order valence-electron chi connectivity index (χ4n) is 3.14. The lowest BCUT2D eigenvalue weighted by Crippen LogP contribution is -1.93. The number of hydrogen-bond donors (Lipinski definition) is 0. The number of halogens is 1. The van der Waals surface area contributed by atoms with Crippen molar-refractivity contribution in [2.45, 2.75) is 0 Å². The second-order valence-electron chi connectivity index (χ2n) is 5.98. The van der Waals surface area contributed by atoms with E-state index in [2.05, 4.69) is 10.8 Å². The highest BCUT2D eigenvalue weighted by Crippen LogP contribution is 2.36. The van der Waals surface area contributed by atoms with Gasteiger partial charge in [-0.3, -0.25) is 4.40 Å². The average Bonchev–Trinajstić information content (AvgIpc) is 3.31. The number of nitrogens with zero attached hydrogens (tertiary/aromatic N) is 3. The van der Waals surface area contributed by atoms with Crippen molar-refractivity contribution >= 4 is 17.4 Å². The fourth-order valence-corrected chi connectivity index (χ4v) is 3.26. The Kier molecular flexibility index (Phi) is 3.05. The predicted octanol–water partition coefficient (Wildman–Crippen LogP) is 4.39. The normalized spacial score (nSPS) is 12.9. The number of aromatic nitrogens is 3. The molecule has 0 fully saturated rings. The van der Waals surface area contributed by atoms with Gasteiger partial charge in [0.15, 0.2) is 11.5 Å². The van der Waals surface area contributed by atoms with Crippen molar-refractivity contribution in [2.24, 2.45) is 7.05 Å². The summed E-state index contributed by atoms with van der Waals surface area (Å²) in [6.45, 7) is 0.272. The highest BCUT2D eigenvalue weighted by Gasteiger charge is 2.16. The smallest absolute Gasteiger partial charge is 0.231 e. The number of ether oxygens (including phenoxy) is 2. The van der Waals surface area contributed by atoms with Crippen LogP contribution < -0.4 is 9.47 Å². The quantitative estimate of drug-likeness (QED) is 0.538. The first-order valence-corrected chi connectivity index (χ1v) is 8.27. The minimum atomic E-state index is 0.272. The zero-order valence-electron chi connectivity index (χ0n) is 13.4. The van der Waals surface area contributed by atoms with E-state index in [4.69, 9.17) is 26.1 Å². The number of hydrogen-bond acceptors (Lipinski definition) is 3. The maximum absolute atomic E-state index is 5.98. The summed E-state index contributed by atoms with van der Waals surface area (Å²) < 4.78 is 14.9. The molecule has 25 heavy (non-hydrogen) atoms. The first-order chi connectivity index (χ1) is 12.2. The van der Waals surface area contributed by atoms with Crippen LogP contribution in [-0.2, 0) is 7.05 Å². The lowest BCUT2D eigenvalue weighted by molar-refractivity contribution is 0.174. The van der Waals surface area contributed by atoms with Gasteiger partial charge in [0.2, 0.25) is 12.6 Å². The van der Waals surface area contributed by atoms with Crippen molar-refractivity contribution in [3.63, 3.8) is 0 Å². The SMILES string of the molecule is Cn1c(-c2ccc(Cl)cc2)cn2cc(-c3ccc4c(c3)OCO4)nc12. The van der Waals surface area contributed by atoms with E-state index in [0.29, 0.717) is 0 Å². The third kappa shape index (κ3) is 2.27. The van der Waals surface area contributed by atoms with Gasteiger partial charge in [-0.15, -0.1) is 0 Å². The topological polar surface area (TPSA) is 40.7 Å². The molecular formula is C19H14ClN3O2. The summed E-state index contributed by atoms with van der Waals surface area (Å²) in [5.41, 5.74) is 4.07. The van der Waals surface area contributed by atoms with Crippen LogP contribution in [0.3, 0.4) is 0 Å². The Bertz CT molecular complexity index is 1100. The summed E-state index contributed by atoms with van der Waals surface area (Å²) >= 11 is 5.98. The maximum Gasteiger partial charge on any atom is 0.231 e. The van der Waals surface area contributed by atoms with E-state index in [1.807, 2.05) is 60.1 Å². The number of fused-ring (bicyclic) bond motifs is 2. The Hall–Kier alpha value is -2.92. The number of imidazole rings is 2. The molecule has 0 atom stereocenters. The van der Waals surface area contributed by atoms with Crippen molar-refractivity contribution in [3.05, 3.63) is 59.9 Å². The van der Waals surface area contributed by atoms with Crippen LogP contribution in [0.1, 0.15) is 0 Å². The van der Waals surface area contributed by atoms with Crippen LogP contribution in [0, 0.1) is 0 Å². The zero-order chi connectivity index (χ0) is 17.0. The molecule has 5 nitrogen and oxygen atoms in total. The molecule has 0 spiro atoms. The van der Waals surface area contributed by atoms with Crippen molar-refractivity contribution in [3.8, 4) is 34.0 Å². The van der Waals surface area contributed by atoms with Gasteiger partial charge in [-0.2, -0.15) is 0 Å². The third-order valence-corrected chi connectivity index (χ3v) is 4.70. The van der Waals surface area contributed by atoms with Crippen molar-refractivity contribution in [1.82, 2.24) is 14.0 Å². The Labute approximate surface area is 149 Å². The van der Waals surface area contributed by atoms with E-state index in [1.165, 1.54) is 0 Å². The van der Waals surface area contributed by atoms with Gasteiger partial charge in [-0.05, 0) is 35.9 Å². The van der Waals surface area contributed by atoms with Crippen LogP contribution >= 0.6 is 11.6 Å². The number of aryl methyl sites for hydroxylation is 1. The van der Waals surface area contributed by atoms with E-state index in [0.717, 1.165) is 44.8 Å². The molecule has 124 valence electrons. The molecule has 0 saturated heterocycles.